The summed E-state index contributed by atoms with van der Waals surface area (Å²) in [5.74, 6) is -0.478. The number of carbonyl (C=O) groups is 1. The van der Waals surface area contributed by atoms with E-state index in [-0.39, 0.29) is 13.0 Å². The molecule has 13 heteroatoms. The van der Waals surface area contributed by atoms with E-state index >= 15 is 0 Å². The van der Waals surface area contributed by atoms with Gasteiger partial charge in [0.15, 0.2) is 0 Å². The van der Waals surface area contributed by atoms with Crippen molar-refractivity contribution in [3.05, 3.63) is 0 Å². The van der Waals surface area contributed by atoms with Crippen LogP contribution in [0.25, 0.3) is 0 Å². The van der Waals surface area contributed by atoms with Crippen LogP contribution in [0, 0.1) is 0 Å². The van der Waals surface area contributed by atoms with Crippen LogP contribution < -0.4 is 0 Å². The number of aliphatic hydroxyl groups excluding tert-OH is 5. The lowest BCUT2D eigenvalue weighted by molar-refractivity contribution is -0.220. The average molecular weight is 699 g/mol. The monoisotopic (exact) mass is 698 g/mol. The molecule has 0 aliphatic heterocycles. The SMILES string of the molecule is CCCCCCCCCCCCCCC(=O)OC(COCCCCCCCCCC)COP(=O)(O)OC1C(O)C(O)C(O)C(O)C1O. The third-order valence-electron chi connectivity index (χ3n) is 8.73. The maximum Gasteiger partial charge on any atom is 0.472 e. The molecule has 47 heavy (non-hydrogen) atoms. The van der Waals surface area contributed by atoms with Crippen molar-refractivity contribution in [2.75, 3.05) is 19.8 Å². The fraction of sp³-hybridized carbons (Fsp3) is 0.971. The number of phosphoric ester groups is 1. The first-order valence-corrected chi connectivity index (χ1v) is 19.9. The molecule has 0 saturated heterocycles. The Bertz CT molecular complexity index is 802. The minimum atomic E-state index is -4.99. The van der Waals surface area contributed by atoms with Crippen LogP contribution in [0.4, 0.5) is 0 Å². The second-order valence-electron chi connectivity index (χ2n) is 13.1. The molecular formula is C34H67O12P. The van der Waals surface area contributed by atoms with Crippen molar-refractivity contribution in [3.8, 4) is 0 Å². The molecule has 1 aliphatic rings. The number of hydrogen-bond acceptors (Lipinski definition) is 11. The lowest BCUT2D eigenvalue weighted by atomic mass is 9.85. The summed E-state index contributed by atoms with van der Waals surface area (Å²) in [7, 11) is -4.99. The predicted molar refractivity (Wildman–Crippen MR) is 180 cm³/mol. The number of aliphatic hydroxyl groups is 5. The molecule has 280 valence electrons. The molecule has 1 rings (SSSR count). The minimum absolute atomic E-state index is 0.0705. The van der Waals surface area contributed by atoms with Crippen LogP contribution in [-0.2, 0) is 27.9 Å². The quantitative estimate of drug-likeness (QED) is 0.0316. The topological polar surface area (TPSA) is 192 Å². The largest absolute Gasteiger partial charge is 0.472 e. The summed E-state index contributed by atoms with van der Waals surface area (Å²) in [6.45, 7) is 4.20. The Morgan fingerprint density at radius 3 is 1.47 bits per heavy atom. The van der Waals surface area contributed by atoms with Crippen LogP contribution in [0.15, 0.2) is 0 Å². The Morgan fingerprint density at radius 1 is 0.596 bits per heavy atom. The molecule has 0 aromatic rings. The van der Waals surface area contributed by atoms with Crippen molar-refractivity contribution in [2.24, 2.45) is 0 Å². The number of phosphoric acid groups is 1. The highest BCUT2D eigenvalue weighted by Crippen LogP contribution is 2.47. The summed E-state index contributed by atoms with van der Waals surface area (Å²) < 4.78 is 33.8. The second kappa shape index (κ2) is 27.1. The molecule has 1 saturated carbocycles. The molecule has 6 atom stereocenters. The lowest BCUT2D eigenvalue weighted by Crippen LogP contribution is -2.64. The molecule has 12 nitrogen and oxygen atoms in total. The predicted octanol–water partition coefficient (Wildman–Crippen LogP) is 5.47. The fourth-order valence-corrected chi connectivity index (χ4v) is 6.68. The van der Waals surface area contributed by atoms with Gasteiger partial charge in [0.05, 0.1) is 13.2 Å². The normalized spacial score (nSPS) is 25.0. The highest BCUT2D eigenvalue weighted by Gasteiger charge is 2.51. The Morgan fingerprint density at radius 2 is 1.00 bits per heavy atom. The van der Waals surface area contributed by atoms with Gasteiger partial charge in [0.2, 0.25) is 0 Å². The average Bonchev–Trinajstić information content (AvgIpc) is 3.05. The zero-order chi connectivity index (χ0) is 34.9. The van der Waals surface area contributed by atoms with Gasteiger partial charge >= 0.3 is 13.8 Å². The smallest absolute Gasteiger partial charge is 0.457 e. The van der Waals surface area contributed by atoms with Crippen molar-refractivity contribution in [1.29, 1.82) is 0 Å². The first kappa shape index (κ1) is 44.4. The maximum absolute atomic E-state index is 12.7. The zero-order valence-corrected chi connectivity index (χ0v) is 30.0. The van der Waals surface area contributed by atoms with Gasteiger partial charge in [-0.25, -0.2) is 4.57 Å². The van der Waals surface area contributed by atoms with E-state index < -0.39 is 63.1 Å². The first-order valence-electron chi connectivity index (χ1n) is 18.4. The number of unbranched alkanes of at least 4 members (excludes halogenated alkanes) is 18. The van der Waals surface area contributed by atoms with E-state index in [0.29, 0.717) is 13.0 Å². The number of ether oxygens (including phenoxy) is 2. The van der Waals surface area contributed by atoms with Gasteiger partial charge in [-0.1, -0.05) is 129 Å². The number of rotatable bonds is 30. The van der Waals surface area contributed by atoms with Crippen LogP contribution in [0.3, 0.4) is 0 Å². The van der Waals surface area contributed by atoms with E-state index in [9.17, 15) is 39.8 Å². The van der Waals surface area contributed by atoms with Crippen molar-refractivity contribution >= 4 is 13.8 Å². The molecule has 0 bridgehead atoms. The molecule has 0 spiro atoms. The second-order valence-corrected chi connectivity index (χ2v) is 14.5. The van der Waals surface area contributed by atoms with Gasteiger partial charge < -0.3 is 39.9 Å². The van der Waals surface area contributed by atoms with E-state index in [2.05, 4.69) is 13.8 Å². The minimum Gasteiger partial charge on any atom is -0.457 e. The number of hydrogen-bond donors (Lipinski definition) is 6. The van der Waals surface area contributed by atoms with Crippen LogP contribution >= 0.6 is 7.82 Å². The summed E-state index contributed by atoms with van der Waals surface area (Å²) in [5.41, 5.74) is 0. The standard InChI is InChI=1S/C34H67O12P/c1-3-5-7-9-11-13-14-15-16-17-19-21-23-28(35)45-27(25-43-24-22-20-18-12-10-8-6-4-2)26-44-47(41,42)46-34-32(39)30(37)29(36)31(38)33(34)40/h27,29-34,36-40H,3-26H2,1-2H3,(H,41,42). The van der Waals surface area contributed by atoms with Gasteiger partial charge in [-0.15, -0.1) is 0 Å². The third kappa shape index (κ3) is 20.6. The highest BCUT2D eigenvalue weighted by molar-refractivity contribution is 7.47. The van der Waals surface area contributed by atoms with Gasteiger partial charge in [0, 0.05) is 13.0 Å². The fourth-order valence-electron chi connectivity index (χ4n) is 5.71. The summed E-state index contributed by atoms with van der Waals surface area (Å²) in [6, 6.07) is 0. The Hall–Kier alpha value is -0.660. The van der Waals surface area contributed by atoms with Crippen molar-refractivity contribution in [3.63, 3.8) is 0 Å². The maximum atomic E-state index is 12.7. The Labute approximate surface area is 283 Å². The number of carbonyl (C=O) groups excluding carboxylic acids is 1. The van der Waals surface area contributed by atoms with Gasteiger partial charge in [-0.2, -0.15) is 0 Å². The third-order valence-corrected chi connectivity index (χ3v) is 9.72. The van der Waals surface area contributed by atoms with Gasteiger partial charge in [-0.05, 0) is 12.8 Å². The van der Waals surface area contributed by atoms with Gasteiger partial charge in [0.1, 0.15) is 42.7 Å². The van der Waals surface area contributed by atoms with Crippen LogP contribution in [0.2, 0.25) is 0 Å². The van der Waals surface area contributed by atoms with Crippen LogP contribution in [0.5, 0.6) is 0 Å². The summed E-state index contributed by atoms with van der Waals surface area (Å²) >= 11 is 0. The molecule has 1 aliphatic carbocycles. The molecule has 0 heterocycles. The number of esters is 1. The van der Waals surface area contributed by atoms with E-state index in [1.54, 1.807) is 0 Å². The summed E-state index contributed by atoms with van der Waals surface area (Å²) in [6.07, 6.45) is 10.6. The van der Waals surface area contributed by atoms with Crippen LogP contribution in [-0.4, -0.2) is 98.9 Å². The zero-order valence-electron chi connectivity index (χ0n) is 29.1. The molecule has 6 unspecified atom stereocenters. The molecule has 0 aromatic heterocycles. The van der Waals surface area contributed by atoms with Gasteiger partial charge in [0.25, 0.3) is 0 Å². The molecule has 0 amide bonds. The molecule has 6 N–H and O–H groups in total. The summed E-state index contributed by atoms with van der Waals surface area (Å²) in [5, 5.41) is 49.8. The molecule has 0 radical (unpaired) electrons. The Kier molecular flexibility index (Phi) is 25.6. The van der Waals surface area contributed by atoms with E-state index in [4.69, 9.17) is 18.5 Å². The van der Waals surface area contributed by atoms with E-state index in [1.165, 1.54) is 83.5 Å². The summed E-state index contributed by atoms with van der Waals surface area (Å²) in [4.78, 5) is 22.9. The van der Waals surface area contributed by atoms with Crippen molar-refractivity contribution in [2.45, 2.75) is 191 Å². The molecule has 1 fully saturated rings. The molecular weight excluding hydrogens is 631 g/mol. The highest BCUT2D eigenvalue weighted by atomic mass is 31.2. The van der Waals surface area contributed by atoms with E-state index in [1.807, 2.05) is 0 Å². The van der Waals surface area contributed by atoms with Gasteiger partial charge in [-0.3, -0.25) is 13.8 Å². The first-order chi connectivity index (χ1) is 22.5. The lowest BCUT2D eigenvalue weighted by Gasteiger charge is -2.41. The molecule has 0 aromatic carbocycles. The Balaban J connectivity index is 2.49. The van der Waals surface area contributed by atoms with Crippen LogP contribution in [0.1, 0.15) is 149 Å². The van der Waals surface area contributed by atoms with Crippen molar-refractivity contribution in [1.82, 2.24) is 0 Å². The van der Waals surface area contributed by atoms with Crippen molar-refractivity contribution < 1.29 is 58.3 Å². The van der Waals surface area contributed by atoms with E-state index in [0.717, 1.165) is 38.5 Å².